The van der Waals surface area contributed by atoms with E-state index >= 15 is 0 Å². The third-order valence-corrected chi connectivity index (χ3v) is 5.32. The molecule has 4 rings (SSSR count). The zero-order valence-corrected chi connectivity index (χ0v) is 15.8. The van der Waals surface area contributed by atoms with Crippen molar-refractivity contribution in [1.29, 1.82) is 0 Å². The van der Waals surface area contributed by atoms with Crippen molar-refractivity contribution in [3.8, 4) is 11.3 Å². The van der Waals surface area contributed by atoms with E-state index in [0.29, 0.717) is 24.4 Å². The van der Waals surface area contributed by atoms with E-state index in [2.05, 4.69) is 20.8 Å². The predicted octanol–water partition coefficient (Wildman–Crippen LogP) is 3.48. The highest BCUT2D eigenvalue weighted by Gasteiger charge is 2.18. The first-order chi connectivity index (χ1) is 13.0. The number of carbonyl (C=O) groups excluding carboxylic acids is 2. The number of hydrogen-bond donors (Lipinski definition) is 2. The number of nitrogens with zero attached hydrogens (tertiary/aromatic N) is 2. The third kappa shape index (κ3) is 3.61. The van der Waals surface area contributed by atoms with Crippen molar-refractivity contribution in [1.82, 2.24) is 10.1 Å². The lowest BCUT2D eigenvalue weighted by molar-refractivity contribution is -0.116. The quantitative estimate of drug-likeness (QED) is 0.704. The molecular formula is C19H18N4O3S. The van der Waals surface area contributed by atoms with E-state index in [4.69, 9.17) is 4.52 Å². The number of aryl methyl sites for hydroxylation is 2. The van der Waals surface area contributed by atoms with Crippen molar-refractivity contribution in [2.24, 2.45) is 0 Å². The van der Waals surface area contributed by atoms with Crippen molar-refractivity contribution in [2.45, 2.75) is 33.1 Å². The van der Waals surface area contributed by atoms with Gasteiger partial charge < -0.3 is 15.2 Å². The third-order valence-electron chi connectivity index (χ3n) is 4.56. The Balaban J connectivity index is 1.40. The highest BCUT2D eigenvalue weighted by atomic mass is 32.1. The monoisotopic (exact) mass is 382 g/mol. The molecule has 0 radical (unpaired) electrons. The number of nitrogens with one attached hydrogen (secondary N) is 2. The molecule has 1 aromatic carbocycles. The Labute approximate surface area is 159 Å². The van der Waals surface area contributed by atoms with Gasteiger partial charge in [-0.1, -0.05) is 11.2 Å². The molecule has 0 aliphatic carbocycles. The van der Waals surface area contributed by atoms with Gasteiger partial charge in [0.2, 0.25) is 11.8 Å². The van der Waals surface area contributed by atoms with Crippen LogP contribution in [0.1, 0.15) is 29.0 Å². The molecule has 2 amide bonds. The molecule has 1 aliphatic rings. The van der Waals surface area contributed by atoms with E-state index in [1.807, 2.05) is 37.4 Å². The van der Waals surface area contributed by atoms with Crippen molar-refractivity contribution < 1.29 is 14.1 Å². The topological polar surface area (TPSA) is 97.1 Å². The second-order valence-electron chi connectivity index (χ2n) is 6.49. The maximum atomic E-state index is 12.2. The van der Waals surface area contributed by atoms with Crippen LogP contribution in [0, 0.1) is 13.8 Å². The van der Waals surface area contributed by atoms with Crippen LogP contribution in [0.15, 0.2) is 28.1 Å². The number of benzene rings is 1. The molecule has 0 fully saturated rings. The number of amides is 2. The van der Waals surface area contributed by atoms with Crippen molar-refractivity contribution >= 4 is 34.0 Å². The molecule has 0 saturated heterocycles. The summed E-state index contributed by atoms with van der Waals surface area (Å²) in [5.74, 6) is 0.660. The lowest BCUT2D eigenvalue weighted by Crippen LogP contribution is -2.12. The van der Waals surface area contributed by atoms with E-state index in [1.54, 1.807) is 0 Å². The zero-order valence-electron chi connectivity index (χ0n) is 15.0. The van der Waals surface area contributed by atoms with Gasteiger partial charge in [0, 0.05) is 28.6 Å². The fourth-order valence-corrected chi connectivity index (χ4v) is 3.87. The molecule has 7 nitrogen and oxygen atoms in total. The highest BCUT2D eigenvalue weighted by Crippen LogP contribution is 2.31. The van der Waals surface area contributed by atoms with Gasteiger partial charge in [0.15, 0.2) is 5.13 Å². The van der Waals surface area contributed by atoms with Gasteiger partial charge in [-0.25, -0.2) is 4.98 Å². The summed E-state index contributed by atoms with van der Waals surface area (Å²) in [5, 5.41) is 12.0. The summed E-state index contributed by atoms with van der Waals surface area (Å²) in [7, 11) is 0. The first kappa shape index (κ1) is 17.4. The summed E-state index contributed by atoms with van der Waals surface area (Å²) in [6.07, 6.45) is 1.31. The van der Waals surface area contributed by atoms with E-state index in [1.165, 1.54) is 11.3 Å². The molecule has 0 atom stereocenters. The van der Waals surface area contributed by atoms with Crippen molar-refractivity contribution in [2.75, 3.05) is 10.6 Å². The van der Waals surface area contributed by atoms with Gasteiger partial charge in [0.1, 0.15) is 5.76 Å². The molecule has 0 spiro atoms. The predicted molar refractivity (Wildman–Crippen MR) is 103 cm³/mol. The second kappa shape index (κ2) is 6.96. The second-order valence-corrected chi connectivity index (χ2v) is 7.34. The minimum absolute atomic E-state index is 0.00618. The molecule has 0 unspecified atom stereocenters. The smallest absolute Gasteiger partial charge is 0.228 e. The van der Waals surface area contributed by atoms with Crippen LogP contribution in [0.3, 0.4) is 0 Å². The fraction of sp³-hybridized carbons (Fsp3) is 0.263. The van der Waals surface area contributed by atoms with Gasteiger partial charge in [-0.2, -0.15) is 0 Å². The minimum Gasteiger partial charge on any atom is -0.361 e. The molecule has 27 heavy (non-hydrogen) atoms. The molecule has 1 aliphatic heterocycles. The molecular weight excluding hydrogens is 364 g/mol. The van der Waals surface area contributed by atoms with Crippen LogP contribution < -0.4 is 10.6 Å². The maximum Gasteiger partial charge on any atom is 0.228 e. The first-order valence-corrected chi connectivity index (χ1v) is 9.48. The summed E-state index contributed by atoms with van der Waals surface area (Å²) in [6.45, 7) is 3.72. The Hall–Kier alpha value is -3.00. The fourth-order valence-electron chi connectivity index (χ4n) is 3.13. The molecule has 2 aromatic heterocycles. The molecule has 0 bridgehead atoms. The summed E-state index contributed by atoms with van der Waals surface area (Å²) in [5.41, 5.74) is 5.33. The molecule has 138 valence electrons. The largest absolute Gasteiger partial charge is 0.361 e. The summed E-state index contributed by atoms with van der Waals surface area (Å²) in [4.78, 5) is 28.2. The van der Waals surface area contributed by atoms with E-state index < -0.39 is 0 Å². The highest BCUT2D eigenvalue weighted by molar-refractivity contribution is 7.14. The number of fused-ring (bicyclic) bond motifs is 1. The Morgan fingerprint density at radius 3 is 3.00 bits per heavy atom. The van der Waals surface area contributed by atoms with Crippen molar-refractivity contribution in [3.05, 3.63) is 46.2 Å². The average molecular weight is 382 g/mol. The summed E-state index contributed by atoms with van der Waals surface area (Å²) in [6, 6.07) is 5.77. The number of hydrogen-bond acceptors (Lipinski definition) is 6. The van der Waals surface area contributed by atoms with E-state index in [0.717, 1.165) is 39.5 Å². The van der Waals surface area contributed by atoms with Crippen LogP contribution in [0.2, 0.25) is 0 Å². The van der Waals surface area contributed by atoms with Gasteiger partial charge in [-0.15, -0.1) is 11.3 Å². The maximum absolute atomic E-state index is 12.2. The number of thiazole rings is 1. The molecule has 3 heterocycles. The van der Waals surface area contributed by atoms with Crippen LogP contribution in [0.5, 0.6) is 0 Å². The molecule has 8 heteroatoms. The van der Waals surface area contributed by atoms with Crippen LogP contribution in [-0.4, -0.2) is 22.0 Å². The number of aromatic nitrogens is 2. The lowest BCUT2D eigenvalue weighted by Gasteiger charge is -2.03. The number of anilines is 2. The number of carbonyl (C=O) groups is 2. The molecule has 3 aromatic rings. The molecule has 2 N–H and O–H groups in total. The Kier molecular flexibility index (Phi) is 4.49. The normalized spacial score (nSPS) is 12.7. The summed E-state index contributed by atoms with van der Waals surface area (Å²) >= 11 is 1.38. The molecule has 0 saturated carbocycles. The van der Waals surface area contributed by atoms with Crippen LogP contribution in [0.4, 0.5) is 10.8 Å². The minimum atomic E-state index is -0.0975. The van der Waals surface area contributed by atoms with Crippen LogP contribution >= 0.6 is 11.3 Å². The Morgan fingerprint density at radius 2 is 2.22 bits per heavy atom. The zero-order chi connectivity index (χ0) is 19.0. The summed E-state index contributed by atoms with van der Waals surface area (Å²) < 4.78 is 5.12. The van der Waals surface area contributed by atoms with Gasteiger partial charge in [0.25, 0.3) is 0 Å². The Bertz CT molecular complexity index is 1020. The number of rotatable bonds is 5. The van der Waals surface area contributed by atoms with Crippen LogP contribution in [-0.2, 0) is 22.4 Å². The van der Waals surface area contributed by atoms with Crippen LogP contribution in [0.25, 0.3) is 11.3 Å². The Morgan fingerprint density at radius 1 is 1.37 bits per heavy atom. The standard InChI is InChI=1S/C19H18N4O3S/c1-10-14(11(2)26-23-10)4-6-17(24)22-19-21-16(9-27-19)12-3-5-15-13(7-12)8-18(25)20-15/h3,5,7,9H,4,6,8H2,1-2H3,(H,20,25)(H,21,22,24). The van der Waals surface area contributed by atoms with Gasteiger partial charge in [0.05, 0.1) is 17.8 Å². The first-order valence-electron chi connectivity index (χ1n) is 8.60. The lowest BCUT2D eigenvalue weighted by atomic mass is 10.1. The SMILES string of the molecule is Cc1noc(C)c1CCC(=O)Nc1nc(-c2ccc3c(c2)CC(=O)N3)cs1. The van der Waals surface area contributed by atoms with Gasteiger partial charge in [-0.05, 0) is 38.0 Å². The average Bonchev–Trinajstić information content (AvgIpc) is 3.32. The van der Waals surface area contributed by atoms with E-state index in [-0.39, 0.29) is 11.8 Å². The van der Waals surface area contributed by atoms with E-state index in [9.17, 15) is 9.59 Å². The van der Waals surface area contributed by atoms with Crippen molar-refractivity contribution in [3.63, 3.8) is 0 Å². The van der Waals surface area contributed by atoms with Gasteiger partial charge >= 0.3 is 0 Å². The van der Waals surface area contributed by atoms with Gasteiger partial charge in [-0.3, -0.25) is 9.59 Å².